The van der Waals surface area contributed by atoms with Crippen LogP contribution in [0.2, 0.25) is 0 Å². The van der Waals surface area contributed by atoms with Crippen LogP contribution in [-0.4, -0.2) is 24.6 Å². The maximum Gasteiger partial charge on any atom is 0.128 e. The van der Waals surface area contributed by atoms with E-state index < -0.39 is 0 Å². The molecule has 3 nitrogen and oxygen atoms in total. The molecule has 1 heterocycles. The predicted octanol–water partition coefficient (Wildman–Crippen LogP) is 3.70. The fourth-order valence-corrected chi connectivity index (χ4v) is 2.53. The fraction of sp³-hybridized carbons (Fsp3) is 0.562. The minimum absolute atomic E-state index is 0.771. The van der Waals surface area contributed by atoms with Crippen molar-refractivity contribution in [2.45, 2.75) is 33.1 Å². The number of nitrogens with zero attached hydrogens (tertiary/aromatic N) is 2. The SMILES string of the molecule is CCN(CC)c1ccc(NCC2CC=CCC2)cn1. The third kappa shape index (κ3) is 3.98. The summed E-state index contributed by atoms with van der Waals surface area (Å²) in [6.07, 6.45) is 10.3. The van der Waals surface area contributed by atoms with E-state index in [1.807, 2.05) is 6.20 Å². The standard InChI is InChI=1S/C16H25N3/c1-3-19(4-2)16-11-10-15(13-18-16)17-12-14-8-6-5-7-9-14/h5-6,10-11,13-14,17H,3-4,7-9,12H2,1-2H3. The number of allylic oxidation sites excluding steroid dienone is 2. The average Bonchev–Trinajstić information content (AvgIpc) is 2.49. The second kappa shape index (κ2) is 7.17. The van der Waals surface area contributed by atoms with Gasteiger partial charge in [0.25, 0.3) is 0 Å². The molecule has 19 heavy (non-hydrogen) atoms. The van der Waals surface area contributed by atoms with Crippen molar-refractivity contribution >= 4 is 11.5 Å². The van der Waals surface area contributed by atoms with Crippen LogP contribution in [0.5, 0.6) is 0 Å². The molecule has 0 aliphatic heterocycles. The van der Waals surface area contributed by atoms with E-state index in [0.29, 0.717) is 0 Å². The Morgan fingerprint density at radius 1 is 1.26 bits per heavy atom. The van der Waals surface area contributed by atoms with Gasteiger partial charge in [-0.25, -0.2) is 4.98 Å². The average molecular weight is 259 g/mol. The van der Waals surface area contributed by atoms with Crippen molar-refractivity contribution in [1.29, 1.82) is 0 Å². The van der Waals surface area contributed by atoms with Crippen molar-refractivity contribution in [2.75, 3.05) is 29.9 Å². The summed E-state index contributed by atoms with van der Waals surface area (Å²) in [6, 6.07) is 4.25. The molecule has 1 unspecified atom stereocenters. The largest absolute Gasteiger partial charge is 0.384 e. The molecular weight excluding hydrogens is 234 g/mol. The molecule has 0 spiro atoms. The zero-order valence-corrected chi connectivity index (χ0v) is 12.1. The van der Waals surface area contributed by atoms with Gasteiger partial charge in [0, 0.05) is 19.6 Å². The Kier molecular flexibility index (Phi) is 5.25. The molecule has 1 aliphatic carbocycles. The molecule has 0 aromatic carbocycles. The number of hydrogen-bond donors (Lipinski definition) is 1. The number of hydrogen-bond acceptors (Lipinski definition) is 3. The summed E-state index contributed by atoms with van der Waals surface area (Å²) in [5, 5.41) is 3.50. The van der Waals surface area contributed by atoms with Crippen LogP contribution in [0.3, 0.4) is 0 Å². The zero-order chi connectivity index (χ0) is 13.5. The second-order valence-electron chi connectivity index (χ2n) is 5.11. The van der Waals surface area contributed by atoms with Crippen LogP contribution in [0.4, 0.5) is 11.5 Å². The molecule has 0 radical (unpaired) electrons. The van der Waals surface area contributed by atoms with Gasteiger partial charge >= 0.3 is 0 Å². The first-order valence-electron chi connectivity index (χ1n) is 7.43. The molecule has 1 atom stereocenters. The van der Waals surface area contributed by atoms with Crippen LogP contribution in [-0.2, 0) is 0 Å². The van der Waals surface area contributed by atoms with Gasteiger partial charge in [-0.2, -0.15) is 0 Å². The lowest BCUT2D eigenvalue weighted by Crippen LogP contribution is -2.22. The van der Waals surface area contributed by atoms with E-state index in [9.17, 15) is 0 Å². The van der Waals surface area contributed by atoms with Crippen molar-refractivity contribution in [3.63, 3.8) is 0 Å². The smallest absolute Gasteiger partial charge is 0.128 e. The molecule has 0 amide bonds. The maximum atomic E-state index is 4.53. The van der Waals surface area contributed by atoms with Gasteiger partial charge in [-0.15, -0.1) is 0 Å². The summed E-state index contributed by atoms with van der Waals surface area (Å²) in [6.45, 7) is 7.38. The van der Waals surface area contributed by atoms with E-state index >= 15 is 0 Å². The number of aromatic nitrogens is 1. The summed E-state index contributed by atoms with van der Waals surface area (Å²) >= 11 is 0. The normalized spacial score (nSPS) is 18.3. The van der Waals surface area contributed by atoms with E-state index in [2.05, 4.69) is 53.3 Å². The van der Waals surface area contributed by atoms with Crippen molar-refractivity contribution < 1.29 is 0 Å². The number of anilines is 2. The quantitative estimate of drug-likeness (QED) is 0.790. The summed E-state index contributed by atoms with van der Waals surface area (Å²) in [5.74, 6) is 1.84. The van der Waals surface area contributed by atoms with Gasteiger partial charge in [-0.05, 0) is 51.2 Å². The topological polar surface area (TPSA) is 28.2 Å². The summed E-state index contributed by atoms with van der Waals surface area (Å²) in [7, 11) is 0. The fourth-order valence-electron chi connectivity index (χ4n) is 2.53. The molecule has 1 N–H and O–H groups in total. The van der Waals surface area contributed by atoms with E-state index in [1.165, 1.54) is 19.3 Å². The predicted molar refractivity (Wildman–Crippen MR) is 82.8 cm³/mol. The summed E-state index contributed by atoms with van der Waals surface area (Å²) in [5.41, 5.74) is 1.13. The molecule has 1 aromatic rings. The minimum atomic E-state index is 0.771. The van der Waals surface area contributed by atoms with Crippen LogP contribution in [0.15, 0.2) is 30.5 Å². The van der Waals surface area contributed by atoms with Crippen molar-refractivity contribution in [3.8, 4) is 0 Å². The zero-order valence-electron chi connectivity index (χ0n) is 12.1. The first kappa shape index (κ1) is 13.9. The van der Waals surface area contributed by atoms with Gasteiger partial charge in [0.05, 0.1) is 11.9 Å². The summed E-state index contributed by atoms with van der Waals surface area (Å²) in [4.78, 5) is 6.79. The monoisotopic (exact) mass is 259 g/mol. The highest BCUT2D eigenvalue weighted by Crippen LogP contribution is 2.19. The molecule has 0 saturated heterocycles. The van der Waals surface area contributed by atoms with Gasteiger partial charge in [0.15, 0.2) is 0 Å². The van der Waals surface area contributed by atoms with Gasteiger partial charge in [-0.3, -0.25) is 0 Å². The molecule has 0 bridgehead atoms. The summed E-state index contributed by atoms with van der Waals surface area (Å²) < 4.78 is 0. The minimum Gasteiger partial charge on any atom is -0.384 e. The Morgan fingerprint density at radius 3 is 2.68 bits per heavy atom. The Labute approximate surface area is 116 Å². The van der Waals surface area contributed by atoms with Crippen LogP contribution < -0.4 is 10.2 Å². The van der Waals surface area contributed by atoms with E-state index in [0.717, 1.165) is 37.1 Å². The second-order valence-corrected chi connectivity index (χ2v) is 5.11. The number of rotatable bonds is 6. The number of pyridine rings is 1. The Hall–Kier alpha value is -1.51. The molecule has 3 heteroatoms. The number of nitrogens with one attached hydrogen (secondary N) is 1. The van der Waals surface area contributed by atoms with Gasteiger partial charge in [0.1, 0.15) is 5.82 Å². The molecule has 1 aromatic heterocycles. The van der Waals surface area contributed by atoms with Crippen LogP contribution >= 0.6 is 0 Å². The molecule has 2 rings (SSSR count). The van der Waals surface area contributed by atoms with Crippen LogP contribution in [0, 0.1) is 5.92 Å². The van der Waals surface area contributed by atoms with Gasteiger partial charge in [0.2, 0.25) is 0 Å². The first-order chi connectivity index (χ1) is 9.33. The van der Waals surface area contributed by atoms with Gasteiger partial charge in [-0.1, -0.05) is 12.2 Å². The van der Waals surface area contributed by atoms with Crippen LogP contribution in [0.25, 0.3) is 0 Å². The molecular formula is C16H25N3. The highest BCUT2D eigenvalue weighted by molar-refractivity contribution is 5.48. The molecule has 1 aliphatic rings. The Balaban J connectivity index is 1.86. The maximum absolute atomic E-state index is 4.53. The first-order valence-corrected chi connectivity index (χ1v) is 7.43. The van der Waals surface area contributed by atoms with E-state index in [4.69, 9.17) is 0 Å². The highest BCUT2D eigenvalue weighted by atomic mass is 15.2. The van der Waals surface area contributed by atoms with Crippen LogP contribution in [0.1, 0.15) is 33.1 Å². The van der Waals surface area contributed by atoms with Gasteiger partial charge < -0.3 is 10.2 Å². The third-order valence-corrected chi connectivity index (χ3v) is 3.81. The van der Waals surface area contributed by atoms with Crippen molar-refractivity contribution in [1.82, 2.24) is 4.98 Å². The van der Waals surface area contributed by atoms with E-state index in [1.54, 1.807) is 0 Å². The van der Waals surface area contributed by atoms with E-state index in [-0.39, 0.29) is 0 Å². The Bertz CT molecular complexity index is 393. The molecule has 104 valence electrons. The Morgan fingerprint density at radius 2 is 2.11 bits per heavy atom. The lowest BCUT2D eigenvalue weighted by atomic mass is 9.94. The van der Waals surface area contributed by atoms with Crippen molar-refractivity contribution in [3.05, 3.63) is 30.5 Å². The lowest BCUT2D eigenvalue weighted by Gasteiger charge is -2.21. The van der Waals surface area contributed by atoms with Crippen molar-refractivity contribution in [2.24, 2.45) is 5.92 Å². The molecule has 0 saturated carbocycles. The highest BCUT2D eigenvalue weighted by Gasteiger charge is 2.09. The molecule has 0 fully saturated rings. The lowest BCUT2D eigenvalue weighted by molar-refractivity contribution is 0.504. The third-order valence-electron chi connectivity index (χ3n) is 3.81.